The highest BCUT2D eigenvalue weighted by Crippen LogP contribution is 2.31. The smallest absolute Gasteiger partial charge is 0.226 e. The van der Waals surface area contributed by atoms with E-state index in [-0.39, 0.29) is 5.91 Å². The lowest BCUT2D eigenvalue weighted by molar-refractivity contribution is -0.116. The molecule has 0 atom stereocenters. The van der Waals surface area contributed by atoms with Crippen molar-refractivity contribution in [2.75, 3.05) is 5.32 Å². The first-order chi connectivity index (χ1) is 13.9. The molecule has 8 heteroatoms. The van der Waals surface area contributed by atoms with Crippen LogP contribution in [-0.2, 0) is 11.2 Å². The van der Waals surface area contributed by atoms with Crippen LogP contribution in [0.1, 0.15) is 34.8 Å². The van der Waals surface area contributed by atoms with Crippen LogP contribution in [0.5, 0.6) is 0 Å². The first-order valence-electron chi connectivity index (χ1n) is 9.43. The number of amides is 1. The zero-order chi connectivity index (χ0) is 20.5. The van der Waals surface area contributed by atoms with Gasteiger partial charge in [-0.3, -0.25) is 9.78 Å². The second kappa shape index (κ2) is 7.71. The van der Waals surface area contributed by atoms with E-state index in [1.165, 1.54) is 11.3 Å². The highest BCUT2D eigenvalue weighted by Gasteiger charge is 2.15. The van der Waals surface area contributed by atoms with Crippen molar-refractivity contribution >= 4 is 28.0 Å². The number of thiazole rings is 1. The van der Waals surface area contributed by atoms with Gasteiger partial charge in [-0.05, 0) is 51.8 Å². The third-order valence-corrected chi connectivity index (χ3v) is 5.92. The van der Waals surface area contributed by atoms with Gasteiger partial charge in [0.25, 0.3) is 0 Å². The van der Waals surface area contributed by atoms with Crippen LogP contribution >= 0.6 is 11.3 Å². The first kappa shape index (κ1) is 19.2. The summed E-state index contributed by atoms with van der Waals surface area (Å²) in [5.74, 6) is -0.0677. The van der Waals surface area contributed by atoms with Gasteiger partial charge in [-0.15, -0.1) is 0 Å². The topological polar surface area (TPSA) is 85.1 Å². The van der Waals surface area contributed by atoms with Gasteiger partial charge in [-0.25, -0.2) is 14.5 Å². The molecule has 4 aromatic heterocycles. The van der Waals surface area contributed by atoms with Crippen molar-refractivity contribution in [3.63, 3.8) is 0 Å². The van der Waals surface area contributed by atoms with Crippen molar-refractivity contribution in [3.05, 3.63) is 58.8 Å². The van der Waals surface area contributed by atoms with Crippen LogP contribution in [0.2, 0.25) is 0 Å². The molecular formula is C21H22N6OS. The molecule has 1 amide bonds. The Balaban J connectivity index is 1.47. The molecule has 0 aromatic carbocycles. The predicted octanol–water partition coefficient (Wildman–Crippen LogP) is 4.05. The fourth-order valence-corrected chi connectivity index (χ4v) is 4.37. The Hall–Kier alpha value is -3.13. The molecule has 0 fully saturated rings. The zero-order valence-electron chi connectivity index (χ0n) is 16.9. The number of carbonyl (C=O) groups excluding carboxylic acids is 1. The van der Waals surface area contributed by atoms with Crippen LogP contribution in [0.25, 0.3) is 16.2 Å². The number of anilines is 1. The second-order valence-corrected chi connectivity index (χ2v) is 8.01. The third kappa shape index (κ3) is 3.88. The fourth-order valence-electron chi connectivity index (χ4n) is 3.41. The molecule has 0 aliphatic carbocycles. The van der Waals surface area contributed by atoms with Gasteiger partial charge >= 0.3 is 0 Å². The third-order valence-electron chi connectivity index (χ3n) is 4.83. The Morgan fingerprint density at radius 1 is 1.14 bits per heavy atom. The summed E-state index contributed by atoms with van der Waals surface area (Å²) in [7, 11) is 0. The van der Waals surface area contributed by atoms with Crippen molar-refractivity contribution in [2.45, 2.75) is 40.5 Å². The minimum atomic E-state index is -0.0677. The van der Waals surface area contributed by atoms with E-state index in [1.54, 1.807) is 6.20 Å². The Kier molecular flexibility index (Phi) is 5.10. The first-order valence-corrected chi connectivity index (χ1v) is 10.2. The molecule has 4 rings (SSSR count). The van der Waals surface area contributed by atoms with E-state index in [9.17, 15) is 4.79 Å². The van der Waals surface area contributed by atoms with Crippen molar-refractivity contribution in [1.29, 1.82) is 0 Å². The second-order valence-electron chi connectivity index (χ2n) is 7.01. The van der Waals surface area contributed by atoms with E-state index < -0.39 is 0 Å². The van der Waals surface area contributed by atoms with Crippen molar-refractivity contribution in [2.24, 2.45) is 0 Å². The van der Waals surface area contributed by atoms with Gasteiger partial charge in [-0.2, -0.15) is 5.10 Å². The van der Waals surface area contributed by atoms with Gasteiger partial charge in [0.15, 0.2) is 10.8 Å². The number of nitrogens with zero attached hydrogens (tertiary/aromatic N) is 5. The molecule has 0 aliphatic heterocycles. The number of hydrogen-bond acceptors (Lipinski definition) is 6. The minimum absolute atomic E-state index is 0.0677. The van der Waals surface area contributed by atoms with E-state index >= 15 is 0 Å². The summed E-state index contributed by atoms with van der Waals surface area (Å²) < 4.78 is 1.85. The molecular weight excluding hydrogens is 384 g/mol. The zero-order valence-corrected chi connectivity index (χ0v) is 17.7. The van der Waals surface area contributed by atoms with Crippen LogP contribution in [0.15, 0.2) is 30.5 Å². The van der Waals surface area contributed by atoms with Gasteiger partial charge in [0.05, 0.1) is 22.0 Å². The van der Waals surface area contributed by atoms with Gasteiger partial charge in [0.2, 0.25) is 5.91 Å². The molecule has 7 nitrogen and oxygen atoms in total. The standard InChI is InChI=1S/C21H22N6OS/c1-12-11-18-23-13(2)16(15(4)27(18)26-12)8-9-19(28)25-21-24-14(3)20(29-21)17-7-5-6-10-22-17/h5-7,10-11H,8-9H2,1-4H3,(H,24,25,28). The number of carbonyl (C=O) groups is 1. The lowest BCUT2D eigenvalue weighted by Crippen LogP contribution is -2.14. The molecule has 0 bridgehead atoms. The van der Waals surface area contributed by atoms with Crippen molar-refractivity contribution in [1.82, 2.24) is 24.6 Å². The highest BCUT2D eigenvalue weighted by atomic mass is 32.1. The molecule has 29 heavy (non-hydrogen) atoms. The SMILES string of the molecule is Cc1cc2nc(C)c(CCC(=O)Nc3nc(C)c(-c4ccccn4)s3)c(C)n2n1. The summed E-state index contributed by atoms with van der Waals surface area (Å²) in [5, 5.41) is 8.01. The van der Waals surface area contributed by atoms with E-state index in [1.807, 2.05) is 56.5 Å². The van der Waals surface area contributed by atoms with Crippen LogP contribution in [0.4, 0.5) is 5.13 Å². The van der Waals surface area contributed by atoms with Gasteiger partial charge in [0.1, 0.15) is 0 Å². The molecule has 4 aromatic rings. The Labute approximate surface area is 172 Å². The summed E-state index contributed by atoms with van der Waals surface area (Å²) >= 11 is 1.44. The van der Waals surface area contributed by atoms with Crippen molar-refractivity contribution < 1.29 is 4.79 Å². The molecule has 0 unspecified atom stereocenters. The predicted molar refractivity (Wildman–Crippen MR) is 114 cm³/mol. The lowest BCUT2D eigenvalue weighted by atomic mass is 10.1. The maximum Gasteiger partial charge on any atom is 0.226 e. The number of rotatable bonds is 5. The Morgan fingerprint density at radius 2 is 1.97 bits per heavy atom. The number of aryl methyl sites for hydroxylation is 4. The summed E-state index contributed by atoms with van der Waals surface area (Å²) in [6.45, 7) is 7.87. The van der Waals surface area contributed by atoms with E-state index in [2.05, 4.69) is 25.4 Å². The highest BCUT2D eigenvalue weighted by molar-refractivity contribution is 7.19. The maximum atomic E-state index is 12.5. The molecule has 0 saturated heterocycles. The van der Waals surface area contributed by atoms with Gasteiger partial charge in [-0.1, -0.05) is 17.4 Å². The van der Waals surface area contributed by atoms with Crippen LogP contribution in [-0.4, -0.2) is 30.5 Å². The summed E-state index contributed by atoms with van der Waals surface area (Å²) in [4.78, 5) is 27.0. The number of hydrogen-bond donors (Lipinski definition) is 1. The van der Waals surface area contributed by atoms with Crippen LogP contribution < -0.4 is 5.32 Å². The number of nitrogens with one attached hydrogen (secondary N) is 1. The Morgan fingerprint density at radius 3 is 2.72 bits per heavy atom. The lowest BCUT2D eigenvalue weighted by Gasteiger charge is -2.10. The average molecular weight is 407 g/mol. The average Bonchev–Trinajstić information content (AvgIpc) is 3.24. The van der Waals surface area contributed by atoms with E-state index in [4.69, 9.17) is 0 Å². The fraction of sp³-hybridized carbons (Fsp3) is 0.286. The molecule has 0 spiro atoms. The van der Waals surface area contributed by atoms with Gasteiger partial charge < -0.3 is 5.32 Å². The van der Waals surface area contributed by atoms with Crippen LogP contribution in [0, 0.1) is 27.7 Å². The van der Waals surface area contributed by atoms with Gasteiger partial charge in [0, 0.05) is 30.1 Å². The number of pyridine rings is 1. The molecule has 0 aliphatic rings. The maximum absolute atomic E-state index is 12.5. The number of fused-ring (bicyclic) bond motifs is 1. The molecule has 4 heterocycles. The Bertz CT molecular complexity index is 1200. The van der Waals surface area contributed by atoms with E-state index in [0.717, 1.165) is 44.6 Å². The molecule has 0 radical (unpaired) electrons. The quantitative estimate of drug-likeness (QED) is 0.540. The largest absolute Gasteiger partial charge is 0.302 e. The normalized spacial score (nSPS) is 11.2. The molecule has 148 valence electrons. The summed E-state index contributed by atoms with van der Waals surface area (Å²) in [5.41, 5.74) is 6.51. The molecule has 1 N–H and O–H groups in total. The molecule has 0 saturated carbocycles. The number of aromatic nitrogens is 5. The summed E-state index contributed by atoms with van der Waals surface area (Å²) in [6, 6.07) is 7.72. The minimum Gasteiger partial charge on any atom is -0.302 e. The monoisotopic (exact) mass is 406 g/mol. The van der Waals surface area contributed by atoms with Crippen LogP contribution in [0.3, 0.4) is 0 Å². The van der Waals surface area contributed by atoms with E-state index in [0.29, 0.717) is 18.0 Å². The summed E-state index contributed by atoms with van der Waals surface area (Å²) in [6.07, 6.45) is 2.71. The van der Waals surface area contributed by atoms with Crippen molar-refractivity contribution in [3.8, 4) is 10.6 Å².